The maximum absolute atomic E-state index is 12.5. The summed E-state index contributed by atoms with van der Waals surface area (Å²) in [4.78, 5) is 29.0. The number of alkyl carbamates (subject to hydrolysis) is 1. The molecule has 1 unspecified atom stereocenters. The molecule has 1 heterocycles. The van der Waals surface area contributed by atoms with Gasteiger partial charge in [-0.05, 0) is 44.9 Å². The number of carbonyl (C=O) groups is 2. The fourth-order valence-electron chi connectivity index (χ4n) is 4.23. The molecule has 218 valence electrons. The fourth-order valence-corrected chi connectivity index (χ4v) is 4.23. The zero-order valence-electron chi connectivity index (χ0n) is 23.2. The minimum absolute atomic E-state index is 0.0284. The molecule has 1 atom stereocenters. The summed E-state index contributed by atoms with van der Waals surface area (Å²) >= 11 is 0. The maximum Gasteiger partial charge on any atom is 0.407 e. The summed E-state index contributed by atoms with van der Waals surface area (Å²) in [5.41, 5.74) is 1.72. The fraction of sp³-hybridized carbons (Fsp3) is 0.464. The van der Waals surface area contributed by atoms with Crippen LogP contribution < -0.4 is 15.4 Å². The Morgan fingerprint density at radius 1 is 1.12 bits per heavy atom. The predicted molar refractivity (Wildman–Crippen MR) is 144 cm³/mol. The molecule has 2 amide bonds. The summed E-state index contributed by atoms with van der Waals surface area (Å²) in [5.74, 6) is -1.72. The van der Waals surface area contributed by atoms with Crippen molar-refractivity contribution in [3.8, 4) is 17.2 Å². The molecule has 40 heavy (non-hydrogen) atoms. The van der Waals surface area contributed by atoms with Crippen molar-refractivity contribution in [1.29, 1.82) is 0 Å². The Kier molecular flexibility index (Phi) is 9.54. The molecular formula is C28H35F3N4O5. The number of halogens is 3. The molecule has 0 aliphatic rings. The zero-order valence-corrected chi connectivity index (χ0v) is 23.2. The Bertz CT molecular complexity index is 1350. The van der Waals surface area contributed by atoms with Crippen LogP contribution in [0, 0.1) is 0 Å². The molecule has 2 aromatic carbocycles. The van der Waals surface area contributed by atoms with Crippen LogP contribution in [0.1, 0.15) is 68.8 Å². The molecule has 9 nitrogen and oxygen atoms in total. The Labute approximate surface area is 230 Å². The van der Waals surface area contributed by atoms with Crippen LogP contribution in [0.25, 0.3) is 16.7 Å². The second-order valence-corrected chi connectivity index (χ2v) is 10.4. The van der Waals surface area contributed by atoms with Crippen molar-refractivity contribution in [3.05, 3.63) is 47.8 Å². The van der Waals surface area contributed by atoms with Crippen LogP contribution in [0.2, 0.25) is 0 Å². The van der Waals surface area contributed by atoms with Crippen molar-refractivity contribution in [2.75, 3.05) is 20.2 Å². The van der Waals surface area contributed by atoms with E-state index in [0.29, 0.717) is 23.3 Å². The Balaban J connectivity index is 1.88. The minimum Gasteiger partial charge on any atom is -0.507 e. The minimum atomic E-state index is -4.60. The van der Waals surface area contributed by atoms with Crippen molar-refractivity contribution in [3.63, 3.8) is 0 Å². The number of nitrogens with zero attached hydrogens (tertiary/aromatic N) is 2. The van der Waals surface area contributed by atoms with Crippen molar-refractivity contribution >= 4 is 23.0 Å². The van der Waals surface area contributed by atoms with Crippen molar-refractivity contribution in [2.45, 2.75) is 64.7 Å². The van der Waals surface area contributed by atoms with Crippen LogP contribution in [-0.2, 0) is 4.74 Å². The van der Waals surface area contributed by atoms with E-state index < -0.39 is 41.6 Å². The Hall–Kier alpha value is -3.96. The van der Waals surface area contributed by atoms with Gasteiger partial charge in [0.1, 0.15) is 35.5 Å². The number of amides is 2. The number of phenolic OH excluding ortho intramolecular Hbond substituents is 1. The van der Waals surface area contributed by atoms with E-state index in [9.17, 15) is 27.9 Å². The number of phenols is 1. The van der Waals surface area contributed by atoms with E-state index in [4.69, 9.17) is 9.47 Å². The third-order valence-corrected chi connectivity index (χ3v) is 6.08. The molecule has 0 aliphatic heterocycles. The average molecular weight is 565 g/mol. The summed E-state index contributed by atoms with van der Waals surface area (Å²) in [5, 5.41) is 15.1. The molecule has 0 saturated heterocycles. The number of hydrogen-bond acceptors (Lipinski definition) is 6. The van der Waals surface area contributed by atoms with Gasteiger partial charge < -0.3 is 25.2 Å². The van der Waals surface area contributed by atoms with Gasteiger partial charge in [-0.1, -0.05) is 25.8 Å². The van der Waals surface area contributed by atoms with Gasteiger partial charge in [-0.15, -0.1) is 0 Å². The van der Waals surface area contributed by atoms with E-state index in [1.54, 1.807) is 30.7 Å². The number of rotatable bonds is 10. The first-order valence-electron chi connectivity index (χ1n) is 12.9. The lowest BCUT2D eigenvalue weighted by Crippen LogP contribution is -2.34. The average Bonchev–Trinajstić information content (AvgIpc) is 3.28. The summed E-state index contributed by atoms with van der Waals surface area (Å²) in [7, 11) is 1.25. The lowest BCUT2D eigenvalue weighted by molar-refractivity contribution is -0.123. The van der Waals surface area contributed by atoms with Crippen molar-refractivity contribution < 1.29 is 37.3 Å². The first-order chi connectivity index (χ1) is 18.7. The first kappa shape index (κ1) is 30.6. The van der Waals surface area contributed by atoms with Gasteiger partial charge in [0.2, 0.25) is 0 Å². The van der Waals surface area contributed by atoms with E-state index in [1.165, 1.54) is 25.6 Å². The predicted octanol–water partition coefficient (Wildman–Crippen LogP) is 5.83. The number of unbranched alkanes of at least 4 members (excludes halogenated alkanes) is 1. The highest BCUT2D eigenvalue weighted by Gasteiger charge is 2.29. The standard InChI is InChI=1S/C28H35F3N4O5/c1-6-7-8-18(14-32-26(38)40-27(2,3)4)17-9-10-21-20(11-17)34-16-35(21)19-12-22(36)24(23(13-19)39-5)25(37)33-15-28(29,30)31/h9-13,16,18,36H,6-8,14-15H2,1-5H3,(H,32,38)(H,33,37). The summed E-state index contributed by atoms with van der Waals surface area (Å²) in [6.45, 7) is 6.35. The van der Waals surface area contributed by atoms with E-state index in [2.05, 4.69) is 17.2 Å². The number of imidazole rings is 1. The number of alkyl halides is 3. The smallest absolute Gasteiger partial charge is 0.407 e. The van der Waals surface area contributed by atoms with E-state index >= 15 is 0 Å². The lowest BCUT2D eigenvalue weighted by Gasteiger charge is -2.22. The number of methoxy groups -OCH3 is 1. The van der Waals surface area contributed by atoms with E-state index in [0.717, 1.165) is 24.8 Å². The number of nitrogens with one attached hydrogen (secondary N) is 2. The van der Waals surface area contributed by atoms with E-state index in [-0.39, 0.29) is 11.7 Å². The van der Waals surface area contributed by atoms with E-state index in [1.807, 2.05) is 18.2 Å². The molecular weight excluding hydrogens is 529 g/mol. The molecule has 0 radical (unpaired) electrons. The molecule has 1 aromatic heterocycles. The molecule has 0 aliphatic carbocycles. The van der Waals surface area contributed by atoms with Crippen molar-refractivity contribution in [1.82, 2.24) is 20.2 Å². The highest BCUT2D eigenvalue weighted by Crippen LogP contribution is 2.33. The number of aromatic hydroxyl groups is 1. The van der Waals surface area contributed by atoms with Crippen LogP contribution in [0.15, 0.2) is 36.7 Å². The van der Waals surface area contributed by atoms with Crippen LogP contribution >= 0.6 is 0 Å². The monoisotopic (exact) mass is 564 g/mol. The number of aromatic nitrogens is 2. The highest BCUT2D eigenvalue weighted by molar-refractivity contribution is 6.00. The molecule has 0 bridgehead atoms. The largest absolute Gasteiger partial charge is 0.507 e. The Morgan fingerprint density at radius 3 is 2.48 bits per heavy atom. The van der Waals surface area contributed by atoms with Gasteiger partial charge >= 0.3 is 12.3 Å². The molecule has 12 heteroatoms. The molecule has 3 aromatic rings. The van der Waals surface area contributed by atoms with Crippen LogP contribution in [-0.4, -0.2) is 58.6 Å². The molecule has 0 spiro atoms. The van der Waals surface area contributed by atoms with Gasteiger partial charge in [0.15, 0.2) is 0 Å². The van der Waals surface area contributed by atoms with Gasteiger partial charge in [-0.3, -0.25) is 9.36 Å². The van der Waals surface area contributed by atoms with Gasteiger partial charge in [-0.25, -0.2) is 9.78 Å². The third-order valence-electron chi connectivity index (χ3n) is 6.08. The molecule has 3 rings (SSSR count). The van der Waals surface area contributed by atoms with Gasteiger partial charge in [0.05, 0.1) is 23.8 Å². The third kappa shape index (κ3) is 8.03. The number of fused-ring (bicyclic) bond motifs is 1. The molecule has 0 saturated carbocycles. The Morgan fingerprint density at radius 2 is 1.85 bits per heavy atom. The van der Waals surface area contributed by atoms with Crippen LogP contribution in [0.4, 0.5) is 18.0 Å². The maximum atomic E-state index is 12.5. The van der Waals surface area contributed by atoms with Gasteiger partial charge in [-0.2, -0.15) is 13.2 Å². The number of ether oxygens (including phenoxy) is 2. The molecule has 3 N–H and O–H groups in total. The SMILES string of the molecule is CCCCC(CNC(=O)OC(C)(C)C)c1ccc2c(c1)ncn2-c1cc(O)c(C(=O)NCC(F)(F)F)c(OC)c1. The topological polar surface area (TPSA) is 115 Å². The van der Waals surface area contributed by atoms with Gasteiger partial charge in [0, 0.05) is 24.6 Å². The van der Waals surface area contributed by atoms with Crippen molar-refractivity contribution in [2.24, 2.45) is 0 Å². The van der Waals surface area contributed by atoms with Gasteiger partial charge in [0.25, 0.3) is 5.91 Å². The zero-order chi connectivity index (χ0) is 29.7. The second kappa shape index (κ2) is 12.5. The summed E-state index contributed by atoms with van der Waals surface area (Å²) in [6, 6.07) is 8.42. The lowest BCUT2D eigenvalue weighted by atomic mass is 9.93. The quantitative estimate of drug-likeness (QED) is 0.286. The van der Waals surface area contributed by atoms with Crippen LogP contribution in [0.3, 0.4) is 0 Å². The molecule has 0 fully saturated rings. The number of carbonyl (C=O) groups excluding carboxylic acids is 2. The second-order valence-electron chi connectivity index (χ2n) is 10.4. The number of benzene rings is 2. The summed E-state index contributed by atoms with van der Waals surface area (Å²) < 4.78 is 49.9. The first-order valence-corrected chi connectivity index (χ1v) is 12.9. The number of hydrogen-bond donors (Lipinski definition) is 3. The normalized spacial score (nSPS) is 12.7. The van der Waals surface area contributed by atoms with Crippen LogP contribution in [0.5, 0.6) is 11.5 Å². The highest BCUT2D eigenvalue weighted by atomic mass is 19.4. The summed E-state index contributed by atoms with van der Waals surface area (Å²) in [6.07, 6.45) is -0.740.